The molecule has 0 saturated heterocycles. The van der Waals surface area contributed by atoms with E-state index in [1.54, 1.807) is 25.4 Å². The largest absolute Gasteiger partial charge is 0.497 e. The highest BCUT2D eigenvalue weighted by Crippen LogP contribution is 2.32. The third-order valence-corrected chi connectivity index (χ3v) is 6.87. The topological polar surface area (TPSA) is 79.0 Å². The van der Waals surface area contributed by atoms with E-state index in [-0.39, 0.29) is 33.7 Å². The van der Waals surface area contributed by atoms with Gasteiger partial charge >= 0.3 is 5.69 Å². The molecule has 0 bridgehead atoms. The smallest absolute Gasteiger partial charge is 0.337 e. The minimum atomic E-state index is -0.538. The number of methoxy groups -OCH3 is 1. The third-order valence-electron chi connectivity index (χ3n) is 5.43. The summed E-state index contributed by atoms with van der Waals surface area (Å²) in [5.74, 6) is 0.688. The van der Waals surface area contributed by atoms with E-state index in [2.05, 4.69) is 9.97 Å². The van der Waals surface area contributed by atoms with Crippen LogP contribution in [0.1, 0.15) is 31.0 Å². The van der Waals surface area contributed by atoms with Crippen molar-refractivity contribution in [2.24, 2.45) is 0 Å². The second-order valence-corrected chi connectivity index (χ2v) is 9.50. The molecule has 0 N–H and O–H groups in total. The summed E-state index contributed by atoms with van der Waals surface area (Å²) in [7, 11) is 1.58. The molecule has 10 heteroatoms. The lowest BCUT2D eigenvalue weighted by molar-refractivity contribution is 0.414. The number of hydrogen-bond acceptors (Lipinski definition) is 6. The van der Waals surface area contributed by atoms with Gasteiger partial charge in [-0.1, -0.05) is 49.2 Å². The fourth-order valence-electron chi connectivity index (χ4n) is 3.75. The number of benzene rings is 1. The quantitative estimate of drug-likeness (QED) is 0.260. The van der Waals surface area contributed by atoms with Crippen molar-refractivity contribution in [3.63, 3.8) is 0 Å². The van der Waals surface area contributed by atoms with E-state index >= 15 is 0 Å². The molecule has 0 saturated carbocycles. The minimum absolute atomic E-state index is 0.00814. The van der Waals surface area contributed by atoms with Gasteiger partial charge in [0.25, 0.3) is 5.56 Å². The first-order valence-corrected chi connectivity index (χ1v) is 12.4. The molecule has 0 spiro atoms. The molecule has 176 valence electrons. The van der Waals surface area contributed by atoms with E-state index in [9.17, 15) is 9.59 Å². The monoisotopic (exact) mass is 516 g/mol. The number of ether oxygens (including phenoxy) is 1. The van der Waals surface area contributed by atoms with Crippen LogP contribution in [0.15, 0.2) is 57.1 Å². The average Bonchev–Trinajstić information content (AvgIpc) is 2.83. The lowest BCUT2D eigenvalue weighted by Crippen LogP contribution is -2.40. The maximum Gasteiger partial charge on any atom is 0.337 e. The first-order valence-electron chi connectivity index (χ1n) is 10.4. The maximum absolute atomic E-state index is 13.9. The Morgan fingerprint density at radius 2 is 1.82 bits per heavy atom. The van der Waals surface area contributed by atoms with Crippen LogP contribution < -0.4 is 16.0 Å². The number of thioether (sulfide) groups is 1. The van der Waals surface area contributed by atoms with E-state index in [4.69, 9.17) is 27.9 Å². The lowest BCUT2D eigenvalue weighted by Gasteiger charge is -2.20. The highest BCUT2D eigenvalue weighted by molar-refractivity contribution is 7.98. The van der Waals surface area contributed by atoms with Gasteiger partial charge in [0.05, 0.1) is 35.4 Å². The molecule has 0 aliphatic carbocycles. The van der Waals surface area contributed by atoms with Crippen LogP contribution >= 0.6 is 35.0 Å². The Morgan fingerprint density at radius 3 is 2.44 bits per heavy atom. The van der Waals surface area contributed by atoms with Crippen molar-refractivity contribution in [2.45, 2.75) is 31.2 Å². The Kier molecular flexibility index (Phi) is 7.02. The number of hydrogen-bond donors (Lipinski definition) is 0. The third kappa shape index (κ3) is 4.33. The Morgan fingerprint density at radius 1 is 1.12 bits per heavy atom. The molecule has 0 aliphatic rings. The fourth-order valence-corrected chi connectivity index (χ4v) is 4.62. The predicted octanol–water partition coefficient (Wildman–Crippen LogP) is 5.15. The molecule has 4 rings (SSSR count). The van der Waals surface area contributed by atoms with E-state index in [0.717, 1.165) is 10.5 Å². The Labute approximate surface area is 210 Å². The number of halogens is 2. The second-order valence-electron chi connectivity index (χ2n) is 7.89. The van der Waals surface area contributed by atoms with Crippen LogP contribution in [0.4, 0.5) is 0 Å². The van der Waals surface area contributed by atoms with Gasteiger partial charge in [-0.15, -0.1) is 11.8 Å². The van der Waals surface area contributed by atoms with Crippen molar-refractivity contribution in [1.29, 1.82) is 0 Å². The summed E-state index contributed by atoms with van der Waals surface area (Å²) in [4.78, 5) is 37.1. The summed E-state index contributed by atoms with van der Waals surface area (Å²) >= 11 is 13.9. The van der Waals surface area contributed by atoms with Gasteiger partial charge in [0.1, 0.15) is 10.9 Å². The number of pyridine rings is 2. The SMILES string of the molecule is COc1ccc(Cn2c(=O)c3cc(Cl)c(Cl)nc3n(-c3c(SC)ccnc3C(C)C)c2=O)cc1. The molecule has 1 aromatic carbocycles. The summed E-state index contributed by atoms with van der Waals surface area (Å²) in [6, 6.07) is 10.5. The van der Waals surface area contributed by atoms with Crippen LogP contribution in [-0.4, -0.2) is 32.5 Å². The van der Waals surface area contributed by atoms with Crippen molar-refractivity contribution in [2.75, 3.05) is 13.4 Å². The van der Waals surface area contributed by atoms with Crippen molar-refractivity contribution >= 4 is 46.0 Å². The molecule has 0 radical (unpaired) electrons. The van der Waals surface area contributed by atoms with Crippen LogP contribution in [0, 0.1) is 0 Å². The summed E-state index contributed by atoms with van der Waals surface area (Å²) in [6.07, 6.45) is 3.63. The normalized spacial score (nSPS) is 11.4. The molecule has 4 aromatic rings. The first-order chi connectivity index (χ1) is 16.3. The molecule has 3 heterocycles. The number of aromatic nitrogens is 4. The highest BCUT2D eigenvalue weighted by Gasteiger charge is 2.23. The lowest BCUT2D eigenvalue weighted by atomic mass is 10.1. The van der Waals surface area contributed by atoms with Crippen molar-refractivity contribution in [3.8, 4) is 11.4 Å². The average molecular weight is 517 g/mol. The second kappa shape index (κ2) is 9.82. The van der Waals surface area contributed by atoms with E-state index in [0.29, 0.717) is 17.1 Å². The number of fused-ring (bicyclic) bond motifs is 1. The summed E-state index contributed by atoms with van der Waals surface area (Å²) in [5.41, 5.74) is 1.15. The van der Waals surface area contributed by atoms with Crippen LogP contribution in [0.25, 0.3) is 16.7 Å². The van der Waals surface area contributed by atoms with Crippen molar-refractivity contribution < 1.29 is 4.74 Å². The molecule has 7 nitrogen and oxygen atoms in total. The van der Waals surface area contributed by atoms with Crippen molar-refractivity contribution in [3.05, 3.63) is 84.9 Å². The van der Waals surface area contributed by atoms with Gasteiger partial charge in [-0.3, -0.25) is 14.3 Å². The van der Waals surface area contributed by atoms with Gasteiger partial charge < -0.3 is 4.74 Å². The molecule has 0 aliphatic heterocycles. The molecule has 0 unspecified atom stereocenters. The van der Waals surface area contributed by atoms with Crippen LogP contribution in [-0.2, 0) is 6.54 Å². The van der Waals surface area contributed by atoms with Gasteiger partial charge in [0.15, 0.2) is 5.65 Å². The molecule has 0 fully saturated rings. The summed E-state index contributed by atoms with van der Waals surface area (Å²) < 4.78 is 7.81. The van der Waals surface area contributed by atoms with Crippen LogP contribution in [0.2, 0.25) is 10.2 Å². The zero-order chi connectivity index (χ0) is 24.6. The zero-order valence-electron chi connectivity index (χ0n) is 19.0. The number of rotatable bonds is 6. The highest BCUT2D eigenvalue weighted by atomic mass is 35.5. The molecular weight excluding hydrogens is 495 g/mol. The van der Waals surface area contributed by atoms with Gasteiger partial charge in [0, 0.05) is 11.1 Å². The van der Waals surface area contributed by atoms with Crippen LogP contribution in [0.5, 0.6) is 5.75 Å². The fraction of sp³-hybridized carbons (Fsp3) is 0.250. The van der Waals surface area contributed by atoms with Crippen LogP contribution in [0.3, 0.4) is 0 Å². The maximum atomic E-state index is 13.9. The molecule has 3 aromatic heterocycles. The zero-order valence-corrected chi connectivity index (χ0v) is 21.3. The van der Waals surface area contributed by atoms with Gasteiger partial charge in [-0.2, -0.15) is 0 Å². The van der Waals surface area contributed by atoms with E-state index in [1.807, 2.05) is 38.3 Å². The van der Waals surface area contributed by atoms with Gasteiger partial charge in [0.2, 0.25) is 0 Å². The van der Waals surface area contributed by atoms with Crippen molar-refractivity contribution in [1.82, 2.24) is 19.1 Å². The van der Waals surface area contributed by atoms with Gasteiger partial charge in [-0.25, -0.2) is 14.3 Å². The standard InChI is InChI=1S/C24H22Cl2N4O3S/c1-13(2)19-20(18(34-4)9-10-27-19)30-22-16(11-17(25)21(26)28-22)23(31)29(24(30)32)12-14-5-7-15(33-3)8-6-14/h5-11,13H,12H2,1-4H3. The Hall–Kier alpha value is -2.81. The molecule has 0 atom stereocenters. The van der Waals surface area contributed by atoms with E-state index in [1.165, 1.54) is 27.0 Å². The molecular formula is C24H22Cl2N4O3S. The predicted molar refractivity (Wildman–Crippen MR) is 137 cm³/mol. The number of nitrogens with zero attached hydrogens (tertiary/aromatic N) is 4. The minimum Gasteiger partial charge on any atom is -0.497 e. The first kappa shape index (κ1) is 24.3. The Bertz CT molecular complexity index is 1500. The van der Waals surface area contributed by atoms with Gasteiger partial charge in [-0.05, 0) is 42.0 Å². The summed E-state index contributed by atoms with van der Waals surface area (Å²) in [5, 5.41) is 0.330. The van der Waals surface area contributed by atoms with E-state index < -0.39 is 11.2 Å². The molecule has 34 heavy (non-hydrogen) atoms. The summed E-state index contributed by atoms with van der Waals surface area (Å²) in [6.45, 7) is 4.05. The Balaban J connectivity index is 2.11. The molecule has 0 amide bonds.